The summed E-state index contributed by atoms with van der Waals surface area (Å²) in [5.74, 6) is -6.71. The molecule has 50 heavy (non-hydrogen) atoms. The van der Waals surface area contributed by atoms with Crippen LogP contribution in [-0.4, -0.2) is 68.3 Å². The molecular weight excluding hydrogens is 709 g/mol. The van der Waals surface area contributed by atoms with Crippen molar-refractivity contribution in [1.82, 2.24) is 9.62 Å². The van der Waals surface area contributed by atoms with E-state index in [2.05, 4.69) is 0 Å². The Morgan fingerprint density at radius 3 is 1.94 bits per heavy atom. The lowest BCUT2D eigenvalue weighted by Gasteiger charge is -2.30. The molecule has 3 aromatic carbocycles. The highest BCUT2D eigenvalue weighted by Gasteiger charge is 2.50. The second-order valence-corrected chi connectivity index (χ2v) is 14.3. The molecule has 1 heterocycles. The number of sulfonamides is 1. The Morgan fingerprint density at radius 2 is 1.44 bits per heavy atom. The van der Waals surface area contributed by atoms with Crippen LogP contribution in [0, 0.1) is 5.92 Å². The number of rotatable bonds is 10. The second kappa shape index (κ2) is 16.5. The van der Waals surface area contributed by atoms with Gasteiger partial charge in [0, 0.05) is 29.7 Å². The standard InChI is InChI=1S/C32H36ClF2N3O4S.C2HF3O2/c33-26-12-8-24(9-13-26)23-6-10-25(11-7-23)32(34,35)30(31(39)38-19-18-27(36)20-38)37-43(40,41)29-16-14-28(15-17-29)42-21-22-4-2-1-3-5-22;3-2(4,5)1(6)7/h6-17,22,27,30,37H,1-5,18-21,36H2;(H,6,7)/t27-,30+;/m0./s1. The number of carboxylic acids is 1. The van der Waals surface area contributed by atoms with Crippen molar-refractivity contribution in [2.75, 3.05) is 19.7 Å². The number of aliphatic carboxylic acids is 1. The molecule has 1 saturated carbocycles. The number of nitrogens with two attached hydrogens (primary N) is 1. The molecule has 1 amide bonds. The van der Waals surface area contributed by atoms with Gasteiger partial charge in [-0.15, -0.1) is 0 Å². The number of alkyl halides is 5. The summed E-state index contributed by atoms with van der Waals surface area (Å²) < 4.78 is 98.7. The predicted molar refractivity (Wildman–Crippen MR) is 176 cm³/mol. The predicted octanol–water partition coefficient (Wildman–Crippen LogP) is 6.60. The van der Waals surface area contributed by atoms with E-state index in [1.165, 1.54) is 72.7 Å². The van der Waals surface area contributed by atoms with Crippen LogP contribution in [0.2, 0.25) is 5.02 Å². The molecule has 2 fully saturated rings. The van der Waals surface area contributed by atoms with E-state index in [4.69, 9.17) is 32.0 Å². The van der Waals surface area contributed by atoms with Crippen LogP contribution in [0.25, 0.3) is 11.1 Å². The molecular formula is C34H37ClF5N3O6S. The first-order chi connectivity index (χ1) is 23.5. The molecule has 0 aromatic heterocycles. The Kier molecular flexibility index (Phi) is 12.9. The molecule has 3 aromatic rings. The fourth-order valence-electron chi connectivity index (χ4n) is 5.65. The van der Waals surface area contributed by atoms with Crippen LogP contribution in [0.4, 0.5) is 22.0 Å². The van der Waals surface area contributed by atoms with Crippen molar-refractivity contribution in [1.29, 1.82) is 0 Å². The van der Waals surface area contributed by atoms with E-state index in [0.717, 1.165) is 18.4 Å². The number of nitrogens with one attached hydrogen (secondary N) is 1. The van der Waals surface area contributed by atoms with E-state index in [1.807, 2.05) is 4.72 Å². The van der Waals surface area contributed by atoms with Gasteiger partial charge < -0.3 is 20.5 Å². The van der Waals surface area contributed by atoms with Gasteiger partial charge in [0.05, 0.1) is 11.5 Å². The molecule has 2 atom stereocenters. The number of nitrogens with zero attached hydrogens (tertiary/aromatic N) is 1. The topological polar surface area (TPSA) is 139 Å². The molecule has 0 spiro atoms. The van der Waals surface area contributed by atoms with Crippen molar-refractivity contribution in [2.24, 2.45) is 11.7 Å². The van der Waals surface area contributed by atoms with Crippen LogP contribution < -0.4 is 15.2 Å². The van der Waals surface area contributed by atoms with E-state index < -0.39 is 45.6 Å². The number of carbonyl (C=O) groups is 2. The highest BCUT2D eigenvalue weighted by molar-refractivity contribution is 7.89. The summed E-state index contributed by atoms with van der Waals surface area (Å²) >= 11 is 5.95. The van der Waals surface area contributed by atoms with E-state index >= 15 is 8.78 Å². The number of amides is 1. The van der Waals surface area contributed by atoms with E-state index in [9.17, 15) is 26.4 Å². The Balaban J connectivity index is 0.000000727. The molecule has 1 saturated heterocycles. The van der Waals surface area contributed by atoms with Crippen molar-refractivity contribution in [2.45, 2.75) is 67.6 Å². The zero-order chi connectivity index (χ0) is 36.7. The van der Waals surface area contributed by atoms with Gasteiger partial charge in [-0.05, 0) is 72.7 Å². The monoisotopic (exact) mass is 745 g/mol. The van der Waals surface area contributed by atoms with Gasteiger partial charge in [0.2, 0.25) is 15.9 Å². The van der Waals surface area contributed by atoms with Crippen molar-refractivity contribution in [3.05, 3.63) is 83.4 Å². The van der Waals surface area contributed by atoms with Gasteiger partial charge in [-0.2, -0.15) is 26.7 Å². The van der Waals surface area contributed by atoms with Crippen molar-refractivity contribution in [3.63, 3.8) is 0 Å². The van der Waals surface area contributed by atoms with E-state index in [-0.39, 0.29) is 24.0 Å². The minimum Gasteiger partial charge on any atom is -0.493 e. The lowest BCUT2D eigenvalue weighted by Crippen LogP contribution is -2.56. The zero-order valence-corrected chi connectivity index (χ0v) is 28.3. The Labute approximate surface area is 291 Å². The first-order valence-corrected chi connectivity index (χ1v) is 17.7. The largest absolute Gasteiger partial charge is 0.493 e. The highest BCUT2D eigenvalue weighted by atomic mass is 35.5. The van der Waals surface area contributed by atoms with Crippen molar-refractivity contribution < 1.29 is 49.8 Å². The van der Waals surface area contributed by atoms with Crippen LogP contribution >= 0.6 is 11.6 Å². The summed E-state index contributed by atoms with van der Waals surface area (Å²) in [5, 5.41) is 7.67. The minimum absolute atomic E-state index is 0.0652. The number of hydrogen-bond acceptors (Lipinski definition) is 6. The van der Waals surface area contributed by atoms with Crippen molar-refractivity contribution >= 4 is 33.5 Å². The van der Waals surface area contributed by atoms with Gasteiger partial charge in [0.25, 0.3) is 5.92 Å². The third-order valence-corrected chi connectivity index (χ3v) is 10.1. The van der Waals surface area contributed by atoms with Gasteiger partial charge in [0.1, 0.15) is 5.75 Å². The van der Waals surface area contributed by atoms with Crippen LogP contribution in [0.1, 0.15) is 44.1 Å². The maximum absolute atomic E-state index is 16.2. The molecule has 16 heteroatoms. The van der Waals surface area contributed by atoms with Crippen LogP contribution in [-0.2, 0) is 25.5 Å². The smallest absolute Gasteiger partial charge is 0.490 e. The summed E-state index contributed by atoms with van der Waals surface area (Å²) in [6.45, 7) is 0.772. The molecule has 9 nitrogen and oxygen atoms in total. The van der Waals surface area contributed by atoms with Crippen LogP contribution in [0.15, 0.2) is 77.7 Å². The number of benzene rings is 3. The van der Waals surface area contributed by atoms with Gasteiger partial charge in [-0.3, -0.25) is 4.79 Å². The fourth-order valence-corrected chi connectivity index (χ4v) is 6.97. The normalized spacial score (nSPS) is 17.8. The minimum atomic E-state index is -5.08. The highest BCUT2D eigenvalue weighted by Crippen LogP contribution is 2.36. The second-order valence-electron chi connectivity index (χ2n) is 12.2. The first kappa shape index (κ1) is 39.0. The van der Waals surface area contributed by atoms with Crippen LogP contribution in [0.3, 0.4) is 0 Å². The lowest BCUT2D eigenvalue weighted by molar-refractivity contribution is -0.192. The van der Waals surface area contributed by atoms with Gasteiger partial charge in [-0.1, -0.05) is 67.3 Å². The van der Waals surface area contributed by atoms with Gasteiger partial charge >= 0.3 is 12.1 Å². The summed E-state index contributed by atoms with van der Waals surface area (Å²) in [5.41, 5.74) is 6.86. The van der Waals surface area contributed by atoms with Crippen molar-refractivity contribution in [3.8, 4) is 16.9 Å². The molecule has 0 bridgehead atoms. The molecule has 0 unspecified atom stereocenters. The summed E-state index contributed by atoms with van der Waals surface area (Å²) in [7, 11) is -4.52. The molecule has 5 rings (SSSR count). The average molecular weight is 746 g/mol. The van der Waals surface area contributed by atoms with Crippen LogP contribution in [0.5, 0.6) is 5.75 Å². The quantitative estimate of drug-likeness (QED) is 0.199. The molecule has 2 aliphatic rings. The molecule has 0 radical (unpaired) electrons. The van der Waals surface area contributed by atoms with Gasteiger partial charge in [0.15, 0.2) is 6.04 Å². The Hall–Kier alpha value is -3.79. The molecule has 1 aliphatic heterocycles. The number of hydrogen-bond donors (Lipinski definition) is 3. The molecule has 1 aliphatic carbocycles. The number of ether oxygens (including phenoxy) is 1. The SMILES string of the molecule is N[C@H]1CCN(C(=O)[C@@H](NS(=O)(=O)c2ccc(OCC3CCCCC3)cc2)C(F)(F)c2ccc(-c3ccc(Cl)cc3)cc2)C1.O=C(O)C(F)(F)F. The fraction of sp³-hybridized carbons (Fsp3) is 0.412. The first-order valence-electron chi connectivity index (χ1n) is 15.8. The van der Waals surface area contributed by atoms with Gasteiger partial charge in [-0.25, -0.2) is 13.2 Å². The molecule has 272 valence electrons. The van der Waals surface area contributed by atoms with E-state index in [0.29, 0.717) is 35.3 Å². The summed E-state index contributed by atoms with van der Waals surface area (Å²) in [6.07, 6.45) is 1.15. The lowest BCUT2D eigenvalue weighted by atomic mass is 9.90. The summed E-state index contributed by atoms with van der Waals surface area (Å²) in [4.78, 5) is 23.3. The third-order valence-electron chi connectivity index (χ3n) is 8.45. The zero-order valence-electron chi connectivity index (χ0n) is 26.7. The maximum Gasteiger partial charge on any atom is 0.490 e. The Bertz CT molecular complexity index is 1700. The number of carbonyl (C=O) groups excluding carboxylic acids is 1. The summed E-state index contributed by atoms with van der Waals surface area (Å²) in [6, 6.07) is 15.2. The third kappa shape index (κ3) is 10.4. The Morgan fingerprint density at radius 1 is 0.900 bits per heavy atom. The number of halogens is 6. The average Bonchev–Trinajstić information content (AvgIpc) is 3.53. The molecule has 4 N–H and O–H groups in total. The van der Waals surface area contributed by atoms with E-state index in [1.54, 1.807) is 24.3 Å². The maximum atomic E-state index is 16.2. The number of carboxylic acid groups (broad SMARTS) is 1. The number of likely N-dealkylation sites (tertiary alicyclic amines) is 1.